The molecule has 0 amide bonds. The largest absolute Gasteiger partial charge is 0.398 e. The Morgan fingerprint density at radius 1 is 1.58 bits per heavy atom. The van der Waals surface area contributed by atoms with Gasteiger partial charge in [-0.25, -0.2) is 0 Å². The van der Waals surface area contributed by atoms with Gasteiger partial charge in [0.2, 0.25) is 0 Å². The van der Waals surface area contributed by atoms with Crippen LogP contribution >= 0.6 is 22.6 Å². The zero-order valence-electron chi connectivity index (χ0n) is 6.75. The van der Waals surface area contributed by atoms with E-state index >= 15 is 0 Å². The summed E-state index contributed by atoms with van der Waals surface area (Å²) in [5.74, 6) is -0.0425. The van der Waals surface area contributed by atoms with Gasteiger partial charge in [-0.3, -0.25) is 0 Å². The van der Waals surface area contributed by atoms with Crippen LogP contribution in [0, 0.1) is 3.57 Å². The Hall–Kier alpha value is -0.580. The standard InChI is InChI=1S/C9H10INO/c1-6(5-12)7-2-3-9(11)8(10)4-7/h2-6H,11H2,1H3. The average molecular weight is 275 g/mol. The molecule has 64 valence electrons. The first-order valence-electron chi connectivity index (χ1n) is 3.65. The second kappa shape index (κ2) is 3.89. The highest BCUT2D eigenvalue weighted by Crippen LogP contribution is 2.20. The lowest BCUT2D eigenvalue weighted by molar-refractivity contribution is -0.108. The maximum absolute atomic E-state index is 10.5. The van der Waals surface area contributed by atoms with E-state index < -0.39 is 0 Å². The Morgan fingerprint density at radius 3 is 2.75 bits per heavy atom. The number of carbonyl (C=O) groups is 1. The van der Waals surface area contributed by atoms with Gasteiger partial charge in [-0.15, -0.1) is 0 Å². The van der Waals surface area contributed by atoms with Crippen LogP contribution in [0.5, 0.6) is 0 Å². The van der Waals surface area contributed by atoms with E-state index in [1.165, 1.54) is 0 Å². The number of carbonyl (C=O) groups excluding carboxylic acids is 1. The molecule has 2 nitrogen and oxygen atoms in total. The molecule has 0 aliphatic heterocycles. The Balaban J connectivity index is 3.04. The van der Waals surface area contributed by atoms with Gasteiger partial charge in [-0.1, -0.05) is 13.0 Å². The summed E-state index contributed by atoms with van der Waals surface area (Å²) in [6.07, 6.45) is 0.932. The second-order valence-corrected chi connectivity index (χ2v) is 3.87. The van der Waals surface area contributed by atoms with Gasteiger partial charge >= 0.3 is 0 Å². The van der Waals surface area contributed by atoms with E-state index in [-0.39, 0.29) is 5.92 Å². The Morgan fingerprint density at radius 2 is 2.25 bits per heavy atom. The topological polar surface area (TPSA) is 43.1 Å². The van der Waals surface area contributed by atoms with Gasteiger partial charge in [0.05, 0.1) is 0 Å². The van der Waals surface area contributed by atoms with E-state index in [0.29, 0.717) is 0 Å². The molecule has 0 saturated carbocycles. The van der Waals surface area contributed by atoms with Gasteiger partial charge in [0, 0.05) is 15.2 Å². The van der Waals surface area contributed by atoms with Crippen LogP contribution in [-0.2, 0) is 4.79 Å². The lowest BCUT2D eigenvalue weighted by Crippen LogP contribution is -1.96. The number of hydrogen-bond acceptors (Lipinski definition) is 2. The smallest absolute Gasteiger partial charge is 0.127 e. The van der Waals surface area contributed by atoms with Crippen molar-refractivity contribution in [3.63, 3.8) is 0 Å². The fourth-order valence-corrected chi connectivity index (χ4v) is 1.44. The predicted octanol–water partition coefficient (Wildman–Crippen LogP) is 2.18. The fraction of sp³-hybridized carbons (Fsp3) is 0.222. The molecule has 1 aromatic carbocycles. The van der Waals surface area contributed by atoms with Crippen molar-refractivity contribution in [1.82, 2.24) is 0 Å². The van der Waals surface area contributed by atoms with Crippen molar-refractivity contribution in [1.29, 1.82) is 0 Å². The maximum Gasteiger partial charge on any atom is 0.127 e. The zero-order chi connectivity index (χ0) is 9.14. The highest BCUT2D eigenvalue weighted by atomic mass is 127. The summed E-state index contributed by atoms with van der Waals surface area (Å²) in [7, 11) is 0. The van der Waals surface area contributed by atoms with E-state index in [1.54, 1.807) is 0 Å². The zero-order valence-corrected chi connectivity index (χ0v) is 8.91. The summed E-state index contributed by atoms with van der Waals surface area (Å²) in [4.78, 5) is 10.5. The molecule has 2 N–H and O–H groups in total. The highest BCUT2D eigenvalue weighted by Gasteiger charge is 2.04. The van der Waals surface area contributed by atoms with Crippen molar-refractivity contribution in [2.45, 2.75) is 12.8 Å². The summed E-state index contributed by atoms with van der Waals surface area (Å²) in [6, 6.07) is 5.66. The minimum absolute atomic E-state index is 0.0425. The van der Waals surface area contributed by atoms with Crippen LogP contribution in [0.1, 0.15) is 18.4 Å². The fourth-order valence-electron chi connectivity index (χ4n) is 0.905. The predicted molar refractivity (Wildman–Crippen MR) is 58.1 cm³/mol. The quantitative estimate of drug-likeness (QED) is 0.510. The van der Waals surface area contributed by atoms with E-state index in [4.69, 9.17) is 5.73 Å². The molecular formula is C9H10INO. The third-order valence-corrected chi connectivity index (χ3v) is 2.69. The molecule has 0 aliphatic carbocycles. The normalized spacial score (nSPS) is 12.5. The number of benzene rings is 1. The monoisotopic (exact) mass is 275 g/mol. The Kier molecular flexibility index (Phi) is 3.08. The average Bonchev–Trinajstić information content (AvgIpc) is 2.08. The number of anilines is 1. The van der Waals surface area contributed by atoms with Crippen molar-refractivity contribution in [2.24, 2.45) is 0 Å². The summed E-state index contributed by atoms with van der Waals surface area (Å²) in [5, 5.41) is 0. The molecule has 0 aromatic heterocycles. The van der Waals surface area contributed by atoms with Crippen molar-refractivity contribution in [2.75, 3.05) is 5.73 Å². The molecule has 12 heavy (non-hydrogen) atoms. The number of halogens is 1. The molecule has 0 fully saturated rings. The lowest BCUT2D eigenvalue weighted by atomic mass is 10.0. The molecule has 1 aromatic rings. The van der Waals surface area contributed by atoms with Crippen LogP contribution in [0.4, 0.5) is 5.69 Å². The van der Waals surface area contributed by atoms with Gasteiger partial charge in [0.1, 0.15) is 6.29 Å². The first-order chi connectivity index (χ1) is 5.65. The van der Waals surface area contributed by atoms with Crippen molar-refractivity contribution in [3.8, 4) is 0 Å². The van der Waals surface area contributed by atoms with E-state index in [0.717, 1.165) is 21.1 Å². The van der Waals surface area contributed by atoms with E-state index in [2.05, 4.69) is 22.6 Å². The van der Waals surface area contributed by atoms with E-state index in [1.807, 2.05) is 25.1 Å². The molecule has 0 radical (unpaired) electrons. The maximum atomic E-state index is 10.5. The van der Waals surface area contributed by atoms with Crippen LogP contribution in [0.2, 0.25) is 0 Å². The molecule has 1 unspecified atom stereocenters. The van der Waals surface area contributed by atoms with Gasteiger partial charge < -0.3 is 10.5 Å². The van der Waals surface area contributed by atoms with Crippen LogP contribution in [0.3, 0.4) is 0 Å². The molecule has 1 rings (SSSR count). The van der Waals surface area contributed by atoms with Crippen molar-refractivity contribution >= 4 is 34.6 Å². The summed E-state index contributed by atoms with van der Waals surface area (Å²) < 4.78 is 0.999. The number of aldehydes is 1. The summed E-state index contributed by atoms with van der Waals surface area (Å²) in [5.41, 5.74) is 7.41. The first kappa shape index (κ1) is 9.51. The Labute approximate surface area is 85.3 Å². The molecule has 0 spiro atoms. The summed E-state index contributed by atoms with van der Waals surface area (Å²) in [6.45, 7) is 1.87. The van der Waals surface area contributed by atoms with Crippen LogP contribution < -0.4 is 5.73 Å². The molecule has 0 aliphatic rings. The second-order valence-electron chi connectivity index (χ2n) is 2.71. The van der Waals surface area contributed by atoms with Gasteiger partial charge in [0.25, 0.3) is 0 Å². The number of nitrogens with two attached hydrogens (primary N) is 1. The third kappa shape index (κ3) is 1.97. The minimum atomic E-state index is -0.0425. The molecule has 0 bridgehead atoms. The molecule has 1 atom stereocenters. The molecule has 0 saturated heterocycles. The van der Waals surface area contributed by atoms with Crippen LogP contribution in [0.25, 0.3) is 0 Å². The van der Waals surface area contributed by atoms with Crippen LogP contribution in [-0.4, -0.2) is 6.29 Å². The van der Waals surface area contributed by atoms with Crippen molar-refractivity contribution in [3.05, 3.63) is 27.3 Å². The van der Waals surface area contributed by atoms with E-state index in [9.17, 15) is 4.79 Å². The van der Waals surface area contributed by atoms with Gasteiger partial charge in [0.15, 0.2) is 0 Å². The molecular weight excluding hydrogens is 265 g/mol. The molecule has 0 heterocycles. The number of rotatable bonds is 2. The van der Waals surface area contributed by atoms with Gasteiger partial charge in [-0.2, -0.15) is 0 Å². The van der Waals surface area contributed by atoms with Gasteiger partial charge in [-0.05, 0) is 40.3 Å². The Bertz CT molecular complexity index is 299. The summed E-state index contributed by atoms with van der Waals surface area (Å²) >= 11 is 2.16. The van der Waals surface area contributed by atoms with Crippen LogP contribution in [0.15, 0.2) is 18.2 Å². The molecule has 3 heteroatoms. The third-order valence-electron chi connectivity index (χ3n) is 1.75. The SMILES string of the molecule is CC(C=O)c1ccc(N)c(I)c1. The highest BCUT2D eigenvalue weighted by molar-refractivity contribution is 14.1. The number of nitrogen functional groups attached to an aromatic ring is 1. The minimum Gasteiger partial charge on any atom is -0.398 e. The number of hydrogen-bond donors (Lipinski definition) is 1. The first-order valence-corrected chi connectivity index (χ1v) is 4.73. The van der Waals surface area contributed by atoms with Crippen molar-refractivity contribution < 1.29 is 4.79 Å². The lowest BCUT2D eigenvalue weighted by Gasteiger charge is -2.05.